The van der Waals surface area contributed by atoms with Crippen LogP contribution in [0.1, 0.15) is 263 Å². The van der Waals surface area contributed by atoms with Crippen LogP contribution in [0.5, 0.6) is 0 Å². The van der Waals surface area contributed by atoms with E-state index in [9.17, 15) is 0 Å². The number of allylic oxidation sites excluding steroid dienone is 5. The summed E-state index contributed by atoms with van der Waals surface area (Å²) >= 11 is 6.38. The fourth-order valence-electron chi connectivity index (χ4n) is 3.39. The van der Waals surface area contributed by atoms with Crippen molar-refractivity contribution >= 4 is 96.7 Å². The second-order valence-electron chi connectivity index (χ2n) is 11.6. The van der Waals surface area contributed by atoms with Gasteiger partial charge in [-0.25, -0.2) is 29.3 Å². The number of nitrogens with zero attached hydrogens (tertiary/aromatic N) is 12. The molecule has 14 rings (SSSR count). The Morgan fingerprint density at radius 3 is 0.858 bits per heavy atom. The minimum atomic E-state index is 0. The quantitative estimate of drug-likeness (QED) is 0.110. The zero-order valence-corrected chi connectivity index (χ0v) is 79.4. The predicted octanol–water partition coefficient (Wildman–Crippen LogP) is 31.3. The molecule has 113 heavy (non-hydrogen) atoms. The Morgan fingerprint density at radius 2 is 0.752 bits per heavy atom. The van der Waals surface area contributed by atoms with E-state index in [4.69, 9.17) is 0 Å². The summed E-state index contributed by atoms with van der Waals surface area (Å²) in [6, 6.07) is 30.8. The zero-order valence-electron chi connectivity index (χ0n) is 71.7. The first kappa shape index (κ1) is 183. The second-order valence-corrected chi connectivity index (χ2v) is 14.6. The van der Waals surface area contributed by atoms with Gasteiger partial charge in [-0.3, -0.25) is 29.6 Å². The van der Waals surface area contributed by atoms with Crippen molar-refractivity contribution in [3.63, 3.8) is 0 Å². The third-order valence-corrected chi connectivity index (χ3v) is 8.47. The molecular formula is C88H178BFIKN13O4S4. The van der Waals surface area contributed by atoms with Crippen LogP contribution in [-0.4, -0.2) is 78.1 Å². The minimum Gasteiger partial charge on any atom is -1.00 e. The number of furan rings is 1. The summed E-state index contributed by atoms with van der Waals surface area (Å²) in [4.78, 5) is 36.9. The monoisotopic (exact) mass is 1810 g/mol. The fraction of sp³-hybridized carbons (Fsp3) is 0.432. The van der Waals surface area contributed by atoms with E-state index in [-0.39, 0.29) is 151 Å². The number of hydrogen-bond donors (Lipinski definition) is 1. The van der Waals surface area contributed by atoms with Crippen LogP contribution in [0.2, 0.25) is 0 Å². The van der Waals surface area contributed by atoms with Gasteiger partial charge in [0.25, 0.3) is 0 Å². The molecule has 1 aliphatic carbocycles. The zero-order chi connectivity index (χ0) is 79.6. The standard InChI is InChI=1S/C6H6.C5H5N.C5H6.C4H4N2.C4H5N.C4H4O.C4H4S.C3H4N2.3C3H3NO.3C3H3NS.14C2H6.7CH4.B.FH.HI.K.H3N.2H2.H/c2*1-2-4-6-5-3-1;1-2-4-5-3-1;1-2-5-4-6-3-1;3*1-2-4-5-3-1;3*1-2-5-3-4-1;1-2-4-5-3-1;2*1-2-5-3-4-1;1-2-4-5-3-1;14*1-2;;;;;;;;;;;;;;;/h1-6H;1-5H;1-4H,5H2;1-4H;1,3-4H,2H2;2*1-4H;1,3H,2H2;6*1-3H;14*1-2H3;7*1H4;;2*1H;;1H3;2*1H;/q;;;;;;;;;;;;;;;;;;;;;;;;;;;;;;;;;;;;;;+1;;;;-1/i;;;;;;;;;;;;;;;;;;;;;;;;;;;;;;;;;;;;;;;;1+1;;. The van der Waals surface area contributed by atoms with E-state index in [0.717, 1.165) is 19.4 Å². The van der Waals surface area contributed by atoms with E-state index in [2.05, 4.69) is 101 Å². The normalized spacial score (nSPS) is 7.19. The molecule has 2 aliphatic heterocycles. The molecule has 0 saturated carbocycles. The Balaban J connectivity index is -0.0000000252. The fourth-order valence-corrected chi connectivity index (χ4v) is 4.90. The number of benzene rings is 1. The van der Waals surface area contributed by atoms with Gasteiger partial charge >= 0.3 is 51.4 Å². The van der Waals surface area contributed by atoms with Gasteiger partial charge < -0.3 is 25.4 Å². The summed E-state index contributed by atoms with van der Waals surface area (Å²) in [6.07, 6.45) is 48.5. The number of halogens is 2. The van der Waals surface area contributed by atoms with Crippen molar-refractivity contribution < 1.29 is 78.1 Å². The summed E-state index contributed by atoms with van der Waals surface area (Å²) in [7, 11) is 0. The van der Waals surface area contributed by atoms with Gasteiger partial charge in [0.05, 0.1) is 48.7 Å². The van der Waals surface area contributed by atoms with E-state index in [1.807, 2.05) is 318 Å². The molecule has 11 aromatic rings. The van der Waals surface area contributed by atoms with Gasteiger partial charge in [-0.2, -0.15) is 11.3 Å². The van der Waals surface area contributed by atoms with Gasteiger partial charge in [0.2, 0.25) is 0 Å². The molecule has 12 heterocycles. The van der Waals surface area contributed by atoms with Gasteiger partial charge in [0.15, 0.2) is 12.8 Å². The Labute approximate surface area is 781 Å². The largest absolute Gasteiger partial charge is 1.00 e. The number of oxazole rings is 2. The molecule has 3 aliphatic rings. The average molecular weight is 1810 g/mol. The molecule has 0 atom stereocenters. The Bertz CT molecular complexity index is 1970. The summed E-state index contributed by atoms with van der Waals surface area (Å²) < 4.78 is 21.6. The molecule has 0 fully saturated rings. The molecule has 0 spiro atoms. The van der Waals surface area contributed by atoms with Gasteiger partial charge in [0.1, 0.15) is 31.5 Å². The molecule has 0 amide bonds. The molecule has 25 heteroatoms. The Kier molecular flexibility index (Phi) is 422. The number of aromatic nitrogens is 9. The second kappa shape index (κ2) is 261. The van der Waals surface area contributed by atoms with Gasteiger partial charge in [0, 0.05) is 95.8 Å². The van der Waals surface area contributed by atoms with Crippen molar-refractivity contribution in [2.45, 2.75) is 259 Å². The van der Waals surface area contributed by atoms with Crippen molar-refractivity contribution in [3.8, 4) is 0 Å². The van der Waals surface area contributed by atoms with Crippen LogP contribution in [0.4, 0.5) is 4.70 Å². The number of thiazole rings is 2. The molecule has 3 radical (unpaired) electrons. The molecule has 661 valence electrons. The Morgan fingerprint density at radius 1 is 0.345 bits per heavy atom. The molecule has 0 saturated heterocycles. The van der Waals surface area contributed by atoms with E-state index in [0.29, 0.717) is 0 Å². The van der Waals surface area contributed by atoms with E-state index >= 15 is 0 Å². The Hall–Kier alpha value is -6.50. The molecule has 3 N–H and O–H groups in total. The van der Waals surface area contributed by atoms with Crippen LogP contribution in [0.15, 0.2) is 317 Å². The van der Waals surface area contributed by atoms with E-state index < -0.39 is 0 Å². The third-order valence-electron chi connectivity index (χ3n) is 6.28. The van der Waals surface area contributed by atoms with Crippen molar-refractivity contribution in [1.82, 2.24) is 50.6 Å². The van der Waals surface area contributed by atoms with Crippen LogP contribution in [0, 0.1) is 0 Å². The maximum Gasteiger partial charge on any atom is 1.00 e. The summed E-state index contributed by atoms with van der Waals surface area (Å²) in [6.45, 7) is 56.8. The van der Waals surface area contributed by atoms with Crippen LogP contribution in [0.25, 0.3) is 0 Å². The number of aliphatic imine (C=N–C) groups is 3. The third kappa shape index (κ3) is 256. The number of rotatable bonds is 0. The first-order valence-corrected chi connectivity index (χ1v) is 39.1. The van der Waals surface area contributed by atoms with Gasteiger partial charge in [-0.15, -0.1) is 46.7 Å². The molecule has 10 aromatic heterocycles. The van der Waals surface area contributed by atoms with Crippen molar-refractivity contribution in [2.24, 2.45) is 15.0 Å². The van der Waals surface area contributed by atoms with Crippen molar-refractivity contribution in [2.75, 3.05) is 6.54 Å². The molecule has 1 aromatic carbocycles. The minimum absolute atomic E-state index is 0. The molecular weight excluding hydrogens is 1630 g/mol. The summed E-state index contributed by atoms with van der Waals surface area (Å²) in [5.74, 6) is 0. The first-order chi connectivity index (χ1) is 50.5. The predicted molar refractivity (Wildman–Crippen MR) is 539 cm³/mol. The van der Waals surface area contributed by atoms with Gasteiger partial charge in [-0.1, -0.05) is 336 Å². The van der Waals surface area contributed by atoms with Crippen molar-refractivity contribution in [3.05, 3.63) is 284 Å². The first-order valence-electron chi connectivity index (χ1n) is 35.4. The molecule has 0 bridgehead atoms. The molecule has 17 nitrogen and oxygen atoms in total. The van der Waals surface area contributed by atoms with Crippen LogP contribution >= 0.6 is 69.5 Å². The maximum absolute atomic E-state index is 4.58. The number of pyridine rings is 1. The summed E-state index contributed by atoms with van der Waals surface area (Å²) in [5, 5.41) is 13.2. The average Bonchev–Trinajstić information content (AvgIpc) is 2.04. The van der Waals surface area contributed by atoms with Gasteiger partial charge in [-0.05, 0) is 71.2 Å². The van der Waals surface area contributed by atoms with Crippen molar-refractivity contribution in [1.29, 1.82) is 0 Å². The van der Waals surface area contributed by atoms with E-state index in [1.54, 1.807) is 150 Å². The SMILES string of the molecule is C.C.C.C.C.C.C.C1=CCC=C1.C1=CN=CC1.C1=NC=NC1.CC.CC.CC.CC.CC.CC.CC.CC.CC.CC.CC.CC.CC.CC.F.I.N.[2HH].[B].[H-].[HH].[K+].c1ccccc1.c1ccncc1.c1ccoc1.c1ccsc1.c1cncnc1.c1cnoc1.c1cnsc1.c1cocn1.c1cocn1.c1cscn1.c1cscn1. The van der Waals surface area contributed by atoms with E-state index in [1.165, 1.54) is 49.4 Å². The van der Waals surface area contributed by atoms with Crippen LogP contribution in [-0.2, 0) is 0 Å². The number of thiophene rings is 1. The topological polar surface area (TPSA) is 241 Å². The molecule has 0 unspecified atom stereocenters. The van der Waals surface area contributed by atoms with Crippen LogP contribution < -0.4 is 57.5 Å². The van der Waals surface area contributed by atoms with Crippen LogP contribution in [0.3, 0.4) is 0 Å². The number of hydrogen-bond acceptors (Lipinski definition) is 21. The maximum atomic E-state index is 4.58. The smallest absolute Gasteiger partial charge is 1.00 e. The summed E-state index contributed by atoms with van der Waals surface area (Å²) in [5.41, 5.74) is 3.58.